The standard InChI is InChI=1S/C9H16ClNO5/c1-5-6(12)3-7(13)9(2,15-5)16-11-8(14)4-10/h5-7,12-13H,3-4H2,1-2H3,(H,11,14)/t5-,6+,7+,9-/m1/s1. The molecule has 0 aliphatic carbocycles. The molecule has 1 amide bonds. The van der Waals surface area contributed by atoms with E-state index in [1.165, 1.54) is 6.92 Å². The molecule has 0 unspecified atom stereocenters. The molecule has 1 fully saturated rings. The molecule has 3 N–H and O–H groups in total. The maximum atomic E-state index is 10.9. The van der Waals surface area contributed by atoms with Gasteiger partial charge in [0.25, 0.3) is 5.91 Å². The van der Waals surface area contributed by atoms with E-state index in [1.54, 1.807) is 6.92 Å². The fourth-order valence-electron chi connectivity index (χ4n) is 1.44. The van der Waals surface area contributed by atoms with Gasteiger partial charge in [-0.2, -0.15) is 0 Å². The van der Waals surface area contributed by atoms with Crippen molar-refractivity contribution in [3.8, 4) is 0 Å². The van der Waals surface area contributed by atoms with E-state index < -0.39 is 30.0 Å². The van der Waals surface area contributed by atoms with Gasteiger partial charge in [-0.15, -0.1) is 11.6 Å². The predicted octanol–water partition coefficient (Wildman–Crippen LogP) is -0.480. The van der Waals surface area contributed by atoms with Crippen molar-refractivity contribution in [3.63, 3.8) is 0 Å². The van der Waals surface area contributed by atoms with Crippen LogP contribution in [0, 0.1) is 0 Å². The molecular weight excluding hydrogens is 238 g/mol. The van der Waals surface area contributed by atoms with Crippen molar-refractivity contribution in [2.24, 2.45) is 0 Å². The second kappa shape index (κ2) is 5.29. The van der Waals surface area contributed by atoms with Crippen LogP contribution in [0.3, 0.4) is 0 Å². The third-order valence-corrected chi connectivity index (χ3v) is 2.76. The first-order valence-electron chi connectivity index (χ1n) is 4.96. The minimum atomic E-state index is -1.37. The monoisotopic (exact) mass is 253 g/mol. The lowest BCUT2D eigenvalue weighted by Crippen LogP contribution is -2.57. The summed E-state index contributed by atoms with van der Waals surface area (Å²) in [7, 11) is 0. The second-order valence-electron chi connectivity index (χ2n) is 3.92. The topological polar surface area (TPSA) is 88.0 Å². The lowest BCUT2D eigenvalue weighted by atomic mass is 9.97. The normalized spacial score (nSPS) is 39.4. The van der Waals surface area contributed by atoms with Crippen LogP contribution in [-0.4, -0.2) is 46.1 Å². The SMILES string of the molecule is C[C@H]1O[C@](C)(ONC(=O)CCl)[C@@H](O)C[C@@H]1O. The van der Waals surface area contributed by atoms with Crippen molar-refractivity contribution in [1.29, 1.82) is 0 Å². The number of amides is 1. The number of alkyl halides is 1. The van der Waals surface area contributed by atoms with Crippen molar-refractivity contribution in [2.45, 2.75) is 44.4 Å². The van der Waals surface area contributed by atoms with Crippen molar-refractivity contribution in [2.75, 3.05) is 5.88 Å². The Balaban J connectivity index is 2.57. The van der Waals surface area contributed by atoms with Crippen LogP contribution in [0.1, 0.15) is 20.3 Å². The number of carbonyl (C=O) groups excluding carboxylic acids is 1. The van der Waals surface area contributed by atoms with E-state index in [0.717, 1.165) is 0 Å². The summed E-state index contributed by atoms with van der Waals surface area (Å²) in [6.07, 6.45) is -2.15. The minimum absolute atomic E-state index is 0.119. The molecule has 0 aromatic carbocycles. The summed E-state index contributed by atoms with van der Waals surface area (Å²) in [5.41, 5.74) is 2.07. The molecular formula is C9H16ClNO5. The highest BCUT2D eigenvalue weighted by atomic mass is 35.5. The van der Waals surface area contributed by atoms with Crippen LogP contribution in [0.15, 0.2) is 0 Å². The Labute approximate surface area is 98.4 Å². The van der Waals surface area contributed by atoms with Gasteiger partial charge in [0.15, 0.2) is 0 Å². The van der Waals surface area contributed by atoms with E-state index in [2.05, 4.69) is 5.48 Å². The first-order valence-corrected chi connectivity index (χ1v) is 5.49. The highest BCUT2D eigenvalue weighted by molar-refractivity contribution is 6.27. The Hall–Kier alpha value is -0.400. The molecule has 1 heterocycles. The number of ether oxygens (including phenoxy) is 1. The molecule has 1 saturated heterocycles. The molecule has 1 aliphatic rings. The Morgan fingerprint density at radius 3 is 2.88 bits per heavy atom. The Morgan fingerprint density at radius 1 is 1.69 bits per heavy atom. The van der Waals surface area contributed by atoms with Gasteiger partial charge in [0, 0.05) is 6.42 Å². The smallest absolute Gasteiger partial charge is 0.258 e. The Bertz CT molecular complexity index is 264. The third kappa shape index (κ3) is 3.05. The summed E-state index contributed by atoms with van der Waals surface area (Å²) in [4.78, 5) is 15.9. The van der Waals surface area contributed by atoms with Crippen molar-refractivity contribution < 1.29 is 24.6 Å². The van der Waals surface area contributed by atoms with Gasteiger partial charge in [0.2, 0.25) is 5.79 Å². The summed E-state index contributed by atoms with van der Waals surface area (Å²) >= 11 is 5.27. The van der Waals surface area contributed by atoms with Gasteiger partial charge in [-0.25, -0.2) is 10.3 Å². The highest BCUT2D eigenvalue weighted by Gasteiger charge is 2.45. The van der Waals surface area contributed by atoms with E-state index in [1.807, 2.05) is 0 Å². The molecule has 4 atom stereocenters. The van der Waals surface area contributed by atoms with Gasteiger partial charge in [-0.3, -0.25) is 4.79 Å². The van der Waals surface area contributed by atoms with Crippen molar-refractivity contribution in [1.82, 2.24) is 5.48 Å². The average molecular weight is 254 g/mol. The van der Waals surface area contributed by atoms with Gasteiger partial charge in [0.05, 0.1) is 12.2 Å². The zero-order valence-corrected chi connectivity index (χ0v) is 9.90. The van der Waals surface area contributed by atoms with Crippen LogP contribution in [0.4, 0.5) is 0 Å². The molecule has 94 valence electrons. The second-order valence-corrected chi connectivity index (χ2v) is 4.19. The van der Waals surface area contributed by atoms with Crippen LogP contribution in [0.25, 0.3) is 0 Å². The summed E-state index contributed by atoms with van der Waals surface area (Å²) in [6.45, 7) is 3.14. The number of carbonyl (C=O) groups is 1. The van der Waals surface area contributed by atoms with Gasteiger partial charge in [0.1, 0.15) is 12.0 Å². The fraction of sp³-hybridized carbons (Fsp3) is 0.889. The van der Waals surface area contributed by atoms with Crippen LogP contribution < -0.4 is 5.48 Å². The summed E-state index contributed by atoms with van der Waals surface area (Å²) < 4.78 is 5.31. The minimum Gasteiger partial charge on any atom is -0.390 e. The number of halogens is 1. The van der Waals surface area contributed by atoms with Crippen LogP contribution in [-0.2, 0) is 14.4 Å². The fourth-order valence-corrected chi connectivity index (χ4v) is 1.49. The molecule has 0 spiro atoms. The number of hydrogen-bond donors (Lipinski definition) is 3. The lowest BCUT2D eigenvalue weighted by Gasteiger charge is -2.42. The average Bonchev–Trinajstić information content (AvgIpc) is 2.23. The molecule has 0 aromatic heterocycles. The van der Waals surface area contributed by atoms with Gasteiger partial charge in [-0.1, -0.05) is 0 Å². The number of hydroxylamine groups is 1. The quantitative estimate of drug-likeness (QED) is 0.467. The number of hydrogen-bond acceptors (Lipinski definition) is 5. The van der Waals surface area contributed by atoms with E-state index >= 15 is 0 Å². The number of nitrogens with one attached hydrogen (secondary N) is 1. The summed E-state index contributed by atoms with van der Waals surface area (Å²) in [6, 6.07) is 0. The third-order valence-electron chi connectivity index (χ3n) is 2.52. The number of aliphatic hydroxyl groups is 2. The summed E-state index contributed by atoms with van der Waals surface area (Å²) in [5.74, 6) is -2.15. The zero-order valence-electron chi connectivity index (χ0n) is 9.14. The van der Waals surface area contributed by atoms with Gasteiger partial charge < -0.3 is 14.9 Å². The Kier molecular flexibility index (Phi) is 4.52. The molecule has 0 aromatic rings. The largest absolute Gasteiger partial charge is 0.390 e. The molecule has 0 radical (unpaired) electrons. The number of aliphatic hydroxyl groups excluding tert-OH is 2. The van der Waals surface area contributed by atoms with E-state index in [4.69, 9.17) is 21.2 Å². The van der Waals surface area contributed by atoms with Gasteiger partial charge >= 0.3 is 0 Å². The van der Waals surface area contributed by atoms with Crippen molar-refractivity contribution in [3.05, 3.63) is 0 Å². The van der Waals surface area contributed by atoms with E-state index in [9.17, 15) is 15.0 Å². The van der Waals surface area contributed by atoms with Crippen molar-refractivity contribution >= 4 is 17.5 Å². The lowest BCUT2D eigenvalue weighted by molar-refractivity contribution is -0.341. The molecule has 16 heavy (non-hydrogen) atoms. The highest BCUT2D eigenvalue weighted by Crippen LogP contribution is 2.29. The van der Waals surface area contributed by atoms with Crippen LogP contribution in [0.5, 0.6) is 0 Å². The molecule has 6 nitrogen and oxygen atoms in total. The maximum absolute atomic E-state index is 10.9. The Morgan fingerprint density at radius 2 is 2.31 bits per heavy atom. The van der Waals surface area contributed by atoms with Crippen LogP contribution in [0.2, 0.25) is 0 Å². The van der Waals surface area contributed by atoms with Crippen LogP contribution >= 0.6 is 11.6 Å². The number of rotatable bonds is 3. The molecule has 1 aliphatic heterocycles. The first kappa shape index (κ1) is 13.7. The van der Waals surface area contributed by atoms with E-state index in [0.29, 0.717) is 0 Å². The molecule has 1 rings (SSSR count). The summed E-state index contributed by atoms with van der Waals surface area (Å²) in [5, 5.41) is 19.2. The predicted molar refractivity (Wildman–Crippen MR) is 55.5 cm³/mol. The first-order chi connectivity index (χ1) is 7.39. The van der Waals surface area contributed by atoms with E-state index in [-0.39, 0.29) is 12.3 Å². The van der Waals surface area contributed by atoms with Gasteiger partial charge in [-0.05, 0) is 13.8 Å². The molecule has 0 bridgehead atoms. The molecule has 0 saturated carbocycles. The zero-order chi connectivity index (χ0) is 12.3. The maximum Gasteiger partial charge on any atom is 0.258 e. The molecule has 7 heteroatoms.